The van der Waals surface area contributed by atoms with Gasteiger partial charge in [-0.2, -0.15) is 11.8 Å². The number of hydrogen-bond acceptors (Lipinski definition) is 4. The molecular weight excluding hydrogens is 264 g/mol. The van der Waals surface area contributed by atoms with Crippen molar-refractivity contribution in [2.75, 3.05) is 18.6 Å². The van der Waals surface area contributed by atoms with E-state index in [4.69, 9.17) is 10.8 Å². The Morgan fingerprint density at radius 3 is 2.47 bits per heavy atom. The van der Waals surface area contributed by atoms with E-state index in [1.165, 1.54) is 0 Å². The van der Waals surface area contributed by atoms with E-state index in [0.29, 0.717) is 18.9 Å². The van der Waals surface area contributed by atoms with Crippen molar-refractivity contribution in [3.8, 4) is 0 Å². The quantitative estimate of drug-likeness (QED) is 0.564. The molecule has 0 fully saturated rings. The summed E-state index contributed by atoms with van der Waals surface area (Å²) in [7, 11) is 0. The van der Waals surface area contributed by atoms with Crippen molar-refractivity contribution in [2.24, 2.45) is 17.6 Å². The molecule has 0 aromatic rings. The molecule has 1 amide bonds. The monoisotopic (exact) mass is 290 g/mol. The molecule has 6 heteroatoms. The van der Waals surface area contributed by atoms with E-state index in [-0.39, 0.29) is 18.2 Å². The Hall–Kier alpha value is -0.750. The number of amides is 1. The van der Waals surface area contributed by atoms with Gasteiger partial charge in [-0.15, -0.1) is 0 Å². The molecule has 19 heavy (non-hydrogen) atoms. The number of nitrogens with one attached hydrogen (secondary N) is 1. The van der Waals surface area contributed by atoms with Gasteiger partial charge in [0, 0.05) is 13.0 Å². The Morgan fingerprint density at radius 1 is 1.37 bits per heavy atom. The smallest absolute Gasteiger partial charge is 0.303 e. The Morgan fingerprint density at radius 2 is 2.00 bits per heavy atom. The topological polar surface area (TPSA) is 92.4 Å². The van der Waals surface area contributed by atoms with Gasteiger partial charge in [0.05, 0.1) is 6.04 Å². The third kappa shape index (κ3) is 9.78. The number of carboxylic acid groups (broad SMARTS) is 1. The fourth-order valence-corrected chi connectivity index (χ4v) is 2.39. The zero-order valence-electron chi connectivity index (χ0n) is 12.0. The van der Waals surface area contributed by atoms with Crippen molar-refractivity contribution in [3.63, 3.8) is 0 Å². The maximum Gasteiger partial charge on any atom is 0.303 e. The summed E-state index contributed by atoms with van der Waals surface area (Å²) >= 11 is 1.65. The van der Waals surface area contributed by atoms with Crippen LogP contribution in [0.5, 0.6) is 0 Å². The molecule has 112 valence electrons. The molecule has 0 aromatic carbocycles. The Bertz CT molecular complexity index is 285. The normalized spacial score (nSPS) is 14.2. The van der Waals surface area contributed by atoms with E-state index >= 15 is 0 Å². The number of carboxylic acids is 1. The third-order valence-corrected chi connectivity index (χ3v) is 3.45. The number of hydrogen-bond donors (Lipinski definition) is 3. The van der Waals surface area contributed by atoms with Crippen LogP contribution in [0, 0.1) is 11.8 Å². The van der Waals surface area contributed by atoms with E-state index in [0.717, 1.165) is 12.2 Å². The second-order valence-corrected chi connectivity index (χ2v) is 6.21. The highest BCUT2D eigenvalue weighted by Crippen LogP contribution is 2.14. The molecule has 0 spiro atoms. The SMILES string of the molecule is CSCC[C@H](N)C(=O)NC[C@H](CC(=O)O)CC(C)C. The van der Waals surface area contributed by atoms with Gasteiger partial charge >= 0.3 is 5.97 Å². The molecule has 0 aliphatic rings. The highest BCUT2D eigenvalue weighted by Gasteiger charge is 2.18. The van der Waals surface area contributed by atoms with Crippen LogP contribution in [0.1, 0.15) is 33.1 Å². The van der Waals surface area contributed by atoms with Crippen LogP contribution in [0.2, 0.25) is 0 Å². The predicted molar refractivity (Wildman–Crippen MR) is 79.2 cm³/mol. The minimum Gasteiger partial charge on any atom is -0.481 e. The molecule has 0 unspecified atom stereocenters. The number of nitrogens with two attached hydrogens (primary N) is 1. The summed E-state index contributed by atoms with van der Waals surface area (Å²) < 4.78 is 0. The molecule has 0 bridgehead atoms. The van der Waals surface area contributed by atoms with Crippen LogP contribution in [0.4, 0.5) is 0 Å². The van der Waals surface area contributed by atoms with E-state index in [9.17, 15) is 9.59 Å². The molecule has 0 saturated heterocycles. The molecule has 0 aromatic heterocycles. The van der Waals surface area contributed by atoms with Crippen LogP contribution in [0.15, 0.2) is 0 Å². The zero-order valence-corrected chi connectivity index (χ0v) is 12.8. The average molecular weight is 290 g/mol. The standard InChI is InChI=1S/C13H26N2O3S/c1-9(2)6-10(7-12(16)17)8-15-13(18)11(14)4-5-19-3/h9-11H,4-8,14H2,1-3H3,(H,15,18)(H,16,17)/t10-,11-/m0/s1. The van der Waals surface area contributed by atoms with Crippen molar-refractivity contribution in [3.05, 3.63) is 0 Å². The van der Waals surface area contributed by atoms with Gasteiger partial charge in [-0.25, -0.2) is 0 Å². The molecule has 0 rings (SSSR count). The third-order valence-electron chi connectivity index (χ3n) is 2.80. The molecule has 4 N–H and O–H groups in total. The number of thioether (sulfide) groups is 1. The first-order valence-corrected chi connectivity index (χ1v) is 8.00. The zero-order chi connectivity index (χ0) is 14.8. The van der Waals surface area contributed by atoms with Gasteiger partial charge < -0.3 is 16.2 Å². The van der Waals surface area contributed by atoms with E-state index in [1.54, 1.807) is 11.8 Å². The summed E-state index contributed by atoms with van der Waals surface area (Å²) in [5, 5.41) is 11.6. The summed E-state index contributed by atoms with van der Waals surface area (Å²) in [4.78, 5) is 22.5. The van der Waals surface area contributed by atoms with Crippen molar-refractivity contribution in [1.82, 2.24) is 5.32 Å². The predicted octanol–water partition coefficient (Wildman–Crippen LogP) is 1.32. The Balaban J connectivity index is 4.14. The minimum absolute atomic E-state index is 0.0331. The van der Waals surface area contributed by atoms with Crippen molar-refractivity contribution >= 4 is 23.6 Å². The second-order valence-electron chi connectivity index (χ2n) is 5.23. The lowest BCUT2D eigenvalue weighted by atomic mass is 9.94. The first kappa shape index (κ1) is 18.2. The summed E-state index contributed by atoms with van der Waals surface area (Å²) in [6.45, 7) is 4.47. The Labute approximate surface area is 119 Å². The molecule has 2 atom stereocenters. The molecule has 0 aliphatic heterocycles. The lowest BCUT2D eigenvalue weighted by molar-refractivity contribution is -0.138. The van der Waals surface area contributed by atoms with Crippen LogP contribution in [0.25, 0.3) is 0 Å². The van der Waals surface area contributed by atoms with E-state index in [1.807, 2.05) is 20.1 Å². The lowest BCUT2D eigenvalue weighted by Gasteiger charge is -2.19. The van der Waals surface area contributed by atoms with Gasteiger partial charge in [0.1, 0.15) is 0 Å². The summed E-state index contributed by atoms with van der Waals surface area (Å²) in [6, 6.07) is -0.503. The molecular formula is C13H26N2O3S. The highest BCUT2D eigenvalue weighted by molar-refractivity contribution is 7.98. The largest absolute Gasteiger partial charge is 0.481 e. The van der Waals surface area contributed by atoms with Crippen LogP contribution >= 0.6 is 11.8 Å². The maximum atomic E-state index is 11.7. The summed E-state index contributed by atoms with van der Waals surface area (Å²) in [5.74, 6) is 0.208. The maximum absolute atomic E-state index is 11.7. The molecule has 0 heterocycles. The number of rotatable bonds is 10. The Kier molecular flexibility index (Phi) is 9.69. The fourth-order valence-electron chi connectivity index (χ4n) is 1.90. The molecule has 0 aliphatic carbocycles. The first-order chi connectivity index (χ1) is 8.86. The second kappa shape index (κ2) is 10.1. The van der Waals surface area contributed by atoms with Gasteiger partial charge in [0.15, 0.2) is 0 Å². The average Bonchev–Trinajstić information content (AvgIpc) is 2.31. The van der Waals surface area contributed by atoms with E-state index < -0.39 is 12.0 Å². The number of carbonyl (C=O) groups excluding carboxylic acids is 1. The van der Waals surface area contributed by atoms with Gasteiger partial charge in [0.2, 0.25) is 5.91 Å². The molecule has 0 saturated carbocycles. The van der Waals surface area contributed by atoms with Crippen LogP contribution in [-0.2, 0) is 9.59 Å². The number of carbonyl (C=O) groups is 2. The van der Waals surface area contributed by atoms with Gasteiger partial charge in [-0.3, -0.25) is 9.59 Å². The first-order valence-electron chi connectivity index (χ1n) is 6.60. The van der Waals surface area contributed by atoms with Gasteiger partial charge in [-0.05, 0) is 36.7 Å². The molecule has 0 radical (unpaired) electrons. The van der Waals surface area contributed by atoms with E-state index in [2.05, 4.69) is 5.32 Å². The summed E-state index contributed by atoms with van der Waals surface area (Å²) in [5.41, 5.74) is 5.75. The molecule has 5 nitrogen and oxygen atoms in total. The van der Waals surface area contributed by atoms with Crippen molar-refractivity contribution in [2.45, 2.75) is 39.2 Å². The van der Waals surface area contributed by atoms with Crippen molar-refractivity contribution in [1.29, 1.82) is 0 Å². The van der Waals surface area contributed by atoms with Crippen LogP contribution < -0.4 is 11.1 Å². The number of aliphatic carboxylic acids is 1. The van der Waals surface area contributed by atoms with Gasteiger partial charge in [0.25, 0.3) is 0 Å². The summed E-state index contributed by atoms with van der Waals surface area (Å²) in [6.07, 6.45) is 3.47. The fraction of sp³-hybridized carbons (Fsp3) is 0.846. The van der Waals surface area contributed by atoms with Crippen LogP contribution in [0.3, 0.4) is 0 Å². The minimum atomic E-state index is -0.827. The van der Waals surface area contributed by atoms with Crippen molar-refractivity contribution < 1.29 is 14.7 Å². The lowest BCUT2D eigenvalue weighted by Crippen LogP contribution is -2.43. The highest BCUT2D eigenvalue weighted by atomic mass is 32.2. The van der Waals surface area contributed by atoms with Crippen LogP contribution in [-0.4, -0.2) is 41.6 Å². The van der Waals surface area contributed by atoms with Gasteiger partial charge in [-0.1, -0.05) is 13.8 Å².